The van der Waals surface area contributed by atoms with Gasteiger partial charge < -0.3 is 10.0 Å². The number of aliphatic hydroxyl groups is 1. The average Bonchev–Trinajstić information content (AvgIpc) is 3.14. The highest BCUT2D eigenvalue weighted by Crippen LogP contribution is 2.15. The van der Waals surface area contributed by atoms with Crippen molar-refractivity contribution in [2.75, 3.05) is 26.2 Å². The molecule has 1 aliphatic heterocycles. The van der Waals surface area contributed by atoms with Gasteiger partial charge in [0.25, 0.3) is 0 Å². The van der Waals surface area contributed by atoms with Gasteiger partial charge in [-0.2, -0.15) is 0 Å². The topological polar surface area (TPSA) is 35.8 Å². The Labute approximate surface area is 176 Å². The normalized spacial score (nSPS) is 14.1. The van der Waals surface area contributed by atoms with Gasteiger partial charge in [0.2, 0.25) is 0 Å². The van der Waals surface area contributed by atoms with E-state index in [1.165, 1.54) is 121 Å². The number of amidine groups is 1. The number of aliphatic hydroxyl groups excluding tert-OH is 1. The van der Waals surface area contributed by atoms with Crippen LogP contribution in [0, 0.1) is 0 Å². The summed E-state index contributed by atoms with van der Waals surface area (Å²) >= 11 is 0. The standard InChI is InChI=1S/C25H50N2O/c1-2-3-4-5-6-7-8-9-10-11-12-13-14-15-16-17-18-19-20-25-26-21-22-27(25)23-24-28/h28H,2-24H2,1H3. The van der Waals surface area contributed by atoms with Gasteiger partial charge in [0.05, 0.1) is 19.0 Å². The summed E-state index contributed by atoms with van der Waals surface area (Å²) in [6.45, 7) is 5.24. The summed E-state index contributed by atoms with van der Waals surface area (Å²) in [5, 5.41) is 9.08. The van der Waals surface area contributed by atoms with Gasteiger partial charge in [-0.1, -0.05) is 116 Å². The molecule has 0 bridgehead atoms. The van der Waals surface area contributed by atoms with E-state index in [9.17, 15) is 0 Å². The van der Waals surface area contributed by atoms with E-state index in [0.29, 0.717) is 0 Å². The van der Waals surface area contributed by atoms with Crippen LogP contribution in [0.3, 0.4) is 0 Å². The van der Waals surface area contributed by atoms with Crippen LogP contribution < -0.4 is 0 Å². The maximum atomic E-state index is 9.08. The number of unbranched alkanes of at least 4 members (excludes halogenated alkanes) is 17. The van der Waals surface area contributed by atoms with Crippen LogP contribution in [-0.4, -0.2) is 42.1 Å². The van der Waals surface area contributed by atoms with Crippen LogP contribution >= 0.6 is 0 Å². The molecule has 0 radical (unpaired) electrons. The van der Waals surface area contributed by atoms with Gasteiger partial charge in [0.1, 0.15) is 0 Å². The van der Waals surface area contributed by atoms with E-state index < -0.39 is 0 Å². The van der Waals surface area contributed by atoms with Gasteiger partial charge in [-0.25, -0.2) is 0 Å². The monoisotopic (exact) mass is 394 g/mol. The van der Waals surface area contributed by atoms with Crippen molar-refractivity contribution in [3.8, 4) is 0 Å². The lowest BCUT2D eigenvalue weighted by Gasteiger charge is -2.18. The quantitative estimate of drug-likeness (QED) is 0.210. The van der Waals surface area contributed by atoms with Crippen molar-refractivity contribution in [3.63, 3.8) is 0 Å². The molecule has 0 aromatic heterocycles. The first-order valence-corrected chi connectivity index (χ1v) is 12.8. The van der Waals surface area contributed by atoms with Gasteiger partial charge in [0, 0.05) is 19.5 Å². The molecule has 1 rings (SSSR count). The van der Waals surface area contributed by atoms with Gasteiger partial charge in [-0.3, -0.25) is 4.99 Å². The van der Waals surface area contributed by atoms with Crippen molar-refractivity contribution < 1.29 is 5.11 Å². The number of hydrogen-bond donors (Lipinski definition) is 1. The summed E-state index contributed by atoms with van der Waals surface area (Å²) < 4.78 is 0. The molecule has 0 fully saturated rings. The van der Waals surface area contributed by atoms with E-state index in [1.807, 2.05) is 0 Å². The number of β-amino-alcohol motifs (C(OH)–C–C–N with tert-alkyl or cyclic N) is 1. The molecule has 3 heteroatoms. The lowest BCUT2D eigenvalue weighted by molar-refractivity contribution is 0.255. The molecule has 0 aromatic carbocycles. The van der Waals surface area contributed by atoms with Gasteiger partial charge in [-0.05, 0) is 6.42 Å². The van der Waals surface area contributed by atoms with Crippen LogP contribution in [0.4, 0.5) is 0 Å². The molecule has 0 unspecified atom stereocenters. The van der Waals surface area contributed by atoms with E-state index in [0.717, 1.165) is 26.1 Å². The second kappa shape index (κ2) is 19.7. The number of aliphatic imine (C=N–C) groups is 1. The van der Waals surface area contributed by atoms with E-state index in [-0.39, 0.29) is 6.61 Å². The average molecular weight is 395 g/mol. The molecule has 0 amide bonds. The first-order valence-electron chi connectivity index (χ1n) is 12.8. The van der Waals surface area contributed by atoms with Gasteiger partial charge in [-0.15, -0.1) is 0 Å². The summed E-state index contributed by atoms with van der Waals surface area (Å²) in [5.74, 6) is 1.24. The Kier molecular flexibility index (Phi) is 17.9. The zero-order chi connectivity index (χ0) is 20.1. The van der Waals surface area contributed by atoms with E-state index in [1.54, 1.807) is 0 Å². The van der Waals surface area contributed by atoms with Crippen molar-refractivity contribution in [2.45, 2.75) is 129 Å². The number of rotatable bonds is 21. The molecular formula is C25H50N2O. The van der Waals surface area contributed by atoms with Crippen LogP contribution in [-0.2, 0) is 0 Å². The predicted molar refractivity (Wildman–Crippen MR) is 124 cm³/mol. The lowest BCUT2D eigenvalue weighted by atomic mass is 10.0. The first kappa shape index (κ1) is 25.5. The smallest absolute Gasteiger partial charge is 0.0991 e. The van der Waals surface area contributed by atoms with E-state index in [4.69, 9.17) is 5.11 Å². The lowest BCUT2D eigenvalue weighted by Crippen LogP contribution is -2.30. The molecule has 0 aliphatic carbocycles. The minimum Gasteiger partial charge on any atom is -0.395 e. The zero-order valence-electron chi connectivity index (χ0n) is 19.1. The third-order valence-corrected chi connectivity index (χ3v) is 6.15. The Bertz CT molecular complexity index is 356. The Morgan fingerprint density at radius 1 is 0.679 bits per heavy atom. The van der Waals surface area contributed by atoms with Gasteiger partial charge in [0.15, 0.2) is 0 Å². The van der Waals surface area contributed by atoms with Crippen molar-refractivity contribution in [1.82, 2.24) is 4.90 Å². The third-order valence-electron chi connectivity index (χ3n) is 6.15. The van der Waals surface area contributed by atoms with Crippen LogP contribution in [0.15, 0.2) is 4.99 Å². The molecular weight excluding hydrogens is 344 g/mol. The highest BCUT2D eigenvalue weighted by atomic mass is 16.3. The van der Waals surface area contributed by atoms with Crippen molar-refractivity contribution in [3.05, 3.63) is 0 Å². The van der Waals surface area contributed by atoms with Crippen molar-refractivity contribution in [1.29, 1.82) is 0 Å². The molecule has 166 valence electrons. The Morgan fingerprint density at radius 2 is 1.11 bits per heavy atom. The highest BCUT2D eigenvalue weighted by Gasteiger charge is 2.14. The Morgan fingerprint density at radius 3 is 1.54 bits per heavy atom. The van der Waals surface area contributed by atoms with E-state index in [2.05, 4.69) is 16.8 Å². The van der Waals surface area contributed by atoms with Gasteiger partial charge >= 0.3 is 0 Å². The summed E-state index contributed by atoms with van der Waals surface area (Å²) in [4.78, 5) is 6.84. The largest absolute Gasteiger partial charge is 0.395 e. The maximum Gasteiger partial charge on any atom is 0.0991 e. The molecule has 0 saturated heterocycles. The number of hydrogen-bond acceptors (Lipinski definition) is 3. The molecule has 1 heterocycles. The third kappa shape index (κ3) is 14.4. The fraction of sp³-hybridized carbons (Fsp3) is 0.960. The molecule has 1 N–H and O–H groups in total. The molecule has 1 aliphatic rings. The van der Waals surface area contributed by atoms with Crippen molar-refractivity contribution >= 4 is 5.84 Å². The minimum atomic E-state index is 0.248. The second-order valence-electron chi connectivity index (χ2n) is 8.77. The fourth-order valence-electron chi connectivity index (χ4n) is 4.31. The first-order chi connectivity index (χ1) is 13.9. The SMILES string of the molecule is CCCCCCCCCCCCCCCCCCCCC1=NCCN1CCO. The summed E-state index contributed by atoms with van der Waals surface area (Å²) in [5.41, 5.74) is 0. The molecule has 28 heavy (non-hydrogen) atoms. The van der Waals surface area contributed by atoms with E-state index >= 15 is 0 Å². The minimum absolute atomic E-state index is 0.248. The molecule has 0 saturated carbocycles. The summed E-state index contributed by atoms with van der Waals surface area (Å²) in [7, 11) is 0. The zero-order valence-corrected chi connectivity index (χ0v) is 19.1. The fourth-order valence-corrected chi connectivity index (χ4v) is 4.31. The Hall–Kier alpha value is -0.570. The van der Waals surface area contributed by atoms with Crippen LogP contribution in [0.5, 0.6) is 0 Å². The summed E-state index contributed by atoms with van der Waals surface area (Å²) in [6, 6.07) is 0. The highest BCUT2D eigenvalue weighted by molar-refractivity contribution is 5.83. The molecule has 0 aromatic rings. The second-order valence-corrected chi connectivity index (χ2v) is 8.77. The van der Waals surface area contributed by atoms with Crippen LogP contribution in [0.25, 0.3) is 0 Å². The Balaban J connectivity index is 1.72. The van der Waals surface area contributed by atoms with Crippen molar-refractivity contribution in [2.24, 2.45) is 4.99 Å². The molecule has 3 nitrogen and oxygen atoms in total. The predicted octanol–water partition coefficient (Wildman–Crippen LogP) is 7.12. The van der Waals surface area contributed by atoms with Crippen LogP contribution in [0.1, 0.15) is 129 Å². The summed E-state index contributed by atoms with van der Waals surface area (Å²) in [6.07, 6.45) is 26.8. The van der Waals surface area contributed by atoms with Crippen LogP contribution in [0.2, 0.25) is 0 Å². The maximum absolute atomic E-state index is 9.08. The molecule has 0 spiro atoms. The number of nitrogens with zero attached hydrogens (tertiary/aromatic N) is 2. The molecule has 0 atom stereocenters.